The van der Waals surface area contributed by atoms with Gasteiger partial charge in [-0.2, -0.15) is 0 Å². The third kappa shape index (κ3) is 6.78. The lowest BCUT2D eigenvalue weighted by atomic mass is 9.95. The molecule has 42 heavy (non-hydrogen) atoms. The van der Waals surface area contributed by atoms with Crippen molar-refractivity contribution in [1.29, 1.82) is 0 Å². The number of fused-ring (bicyclic) bond motifs is 2. The van der Waals surface area contributed by atoms with Crippen LogP contribution in [0, 0.1) is 0 Å². The van der Waals surface area contributed by atoms with Crippen molar-refractivity contribution < 1.29 is 9.53 Å². The van der Waals surface area contributed by atoms with Crippen molar-refractivity contribution in [2.75, 3.05) is 39.3 Å². The highest BCUT2D eigenvalue weighted by molar-refractivity contribution is 5.94. The average molecular weight is 567 g/mol. The summed E-state index contributed by atoms with van der Waals surface area (Å²) in [7, 11) is 0. The van der Waals surface area contributed by atoms with Crippen LogP contribution in [-0.2, 0) is 4.74 Å². The Balaban J connectivity index is 1.12. The highest BCUT2D eigenvalue weighted by atomic mass is 16.6. The Bertz CT molecular complexity index is 1280. The molecule has 6 rings (SSSR count). The van der Waals surface area contributed by atoms with Crippen molar-refractivity contribution in [3.05, 3.63) is 96.1 Å². The number of amides is 1. The fourth-order valence-corrected chi connectivity index (χ4v) is 7.01. The number of carbonyl (C=O) groups excluding carboxylic acids is 1. The number of benzene rings is 3. The van der Waals surface area contributed by atoms with Crippen LogP contribution in [0.5, 0.6) is 0 Å². The number of piperidine rings is 1. The number of rotatable bonds is 11. The number of nitrogens with zero attached hydrogens (tertiary/aromatic N) is 2. The molecule has 0 spiro atoms. The Hall–Kier alpha value is -3.03. The highest BCUT2D eigenvalue weighted by Gasteiger charge is 2.51. The van der Waals surface area contributed by atoms with E-state index in [1.54, 1.807) is 0 Å². The second kappa shape index (κ2) is 13.5. The number of carbonyl (C=O) groups is 1. The van der Waals surface area contributed by atoms with E-state index in [4.69, 9.17) is 4.74 Å². The molecule has 2 bridgehead atoms. The lowest BCUT2D eigenvalue weighted by Gasteiger charge is -2.41. The lowest BCUT2D eigenvalue weighted by molar-refractivity contribution is -0.155. The second-order valence-electron chi connectivity index (χ2n) is 12.3. The molecule has 3 aliphatic heterocycles. The SMILES string of the molecule is CC[C@H](CN1CC[C@]2(CNC(=O)c3ccc(-c4ccccc4)cc3)N[C@@H](CCN3CCCCC3)C1O2)c1ccccc1. The zero-order chi connectivity index (χ0) is 28.8. The van der Waals surface area contributed by atoms with Crippen LogP contribution in [0.2, 0.25) is 0 Å². The van der Waals surface area contributed by atoms with Crippen molar-refractivity contribution in [3.63, 3.8) is 0 Å². The standard InChI is InChI=1S/C36H46N4O2/c1-2-28(29-12-6-3-7-13-29)26-40-25-21-36(38-33(35(40)42-36)20-24-39-22-10-5-11-23-39)27-37-34(41)32-18-16-31(17-19-32)30-14-8-4-9-15-30/h3-4,6-9,12-19,28,33,35,38H,2,5,10-11,20-27H2,1H3,(H,37,41)/t28-,33+,35?,36+/m1/s1. The number of likely N-dealkylation sites (tertiary alicyclic amines) is 1. The van der Waals surface area contributed by atoms with Gasteiger partial charge in [0.05, 0.1) is 12.6 Å². The van der Waals surface area contributed by atoms with Crippen LogP contribution < -0.4 is 10.6 Å². The van der Waals surface area contributed by atoms with Crippen LogP contribution in [0.25, 0.3) is 11.1 Å². The molecule has 3 aliphatic rings. The minimum absolute atomic E-state index is 0.0170. The van der Waals surface area contributed by atoms with Crippen LogP contribution in [0.1, 0.15) is 67.3 Å². The zero-order valence-electron chi connectivity index (χ0n) is 25.0. The van der Waals surface area contributed by atoms with Crippen molar-refractivity contribution in [2.45, 2.75) is 69.4 Å². The Morgan fingerprint density at radius 2 is 1.62 bits per heavy atom. The molecule has 0 saturated carbocycles. The van der Waals surface area contributed by atoms with E-state index in [-0.39, 0.29) is 18.2 Å². The predicted molar refractivity (Wildman–Crippen MR) is 169 cm³/mol. The summed E-state index contributed by atoms with van der Waals surface area (Å²) in [5.41, 5.74) is 3.81. The van der Waals surface area contributed by atoms with Gasteiger partial charge in [-0.25, -0.2) is 0 Å². The molecule has 0 radical (unpaired) electrons. The molecule has 4 atom stereocenters. The maximum absolute atomic E-state index is 13.2. The number of hydrogen-bond acceptors (Lipinski definition) is 5. The van der Waals surface area contributed by atoms with E-state index >= 15 is 0 Å². The molecular weight excluding hydrogens is 520 g/mol. The smallest absolute Gasteiger partial charge is 0.251 e. The molecule has 1 unspecified atom stereocenters. The number of hydrogen-bond donors (Lipinski definition) is 2. The van der Waals surface area contributed by atoms with E-state index in [2.05, 4.69) is 69.8 Å². The van der Waals surface area contributed by atoms with Crippen molar-refractivity contribution in [2.24, 2.45) is 0 Å². The molecule has 0 aromatic heterocycles. The van der Waals surface area contributed by atoms with Crippen LogP contribution in [0.4, 0.5) is 0 Å². The van der Waals surface area contributed by atoms with Crippen LogP contribution in [0.3, 0.4) is 0 Å². The van der Waals surface area contributed by atoms with Gasteiger partial charge < -0.3 is 15.0 Å². The van der Waals surface area contributed by atoms with E-state index < -0.39 is 5.72 Å². The molecule has 3 fully saturated rings. The van der Waals surface area contributed by atoms with Crippen LogP contribution in [-0.4, -0.2) is 73.0 Å². The van der Waals surface area contributed by atoms with Gasteiger partial charge in [-0.15, -0.1) is 0 Å². The Kier molecular flexibility index (Phi) is 9.35. The number of ether oxygens (including phenoxy) is 1. The first-order valence-corrected chi connectivity index (χ1v) is 16.0. The predicted octanol–water partition coefficient (Wildman–Crippen LogP) is 5.87. The third-order valence-corrected chi connectivity index (χ3v) is 9.51. The molecule has 0 aliphatic carbocycles. The van der Waals surface area contributed by atoms with Crippen LogP contribution in [0.15, 0.2) is 84.9 Å². The number of nitrogens with one attached hydrogen (secondary N) is 2. The minimum Gasteiger partial charge on any atom is -0.348 e. The molecule has 3 aromatic carbocycles. The fraction of sp³-hybridized carbons (Fsp3) is 0.472. The molecule has 3 saturated heterocycles. The van der Waals surface area contributed by atoms with Gasteiger partial charge in [0, 0.05) is 25.1 Å². The van der Waals surface area contributed by atoms with E-state index in [0.29, 0.717) is 18.0 Å². The Labute approximate surface area is 251 Å². The van der Waals surface area contributed by atoms with Gasteiger partial charge in [0.1, 0.15) is 12.0 Å². The molecule has 6 nitrogen and oxygen atoms in total. The van der Waals surface area contributed by atoms with Gasteiger partial charge in [0.25, 0.3) is 5.91 Å². The summed E-state index contributed by atoms with van der Waals surface area (Å²) in [4.78, 5) is 18.4. The molecule has 222 valence electrons. The van der Waals surface area contributed by atoms with Crippen molar-refractivity contribution in [3.8, 4) is 11.1 Å². The summed E-state index contributed by atoms with van der Waals surface area (Å²) in [6, 6.07) is 29.3. The summed E-state index contributed by atoms with van der Waals surface area (Å²) in [5.74, 6) is 0.421. The van der Waals surface area contributed by atoms with Gasteiger partial charge in [-0.1, -0.05) is 86.1 Å². The topological polar surface area (TPSA) is 56.8 Å². The van der Waals surface area contributed by atoms with E-state index in [1.807, 2.05) is 42.5 Å². The van der Waals surface area contributed by atoms with Crippen LogP contribution >= 0.6 is 0 Å². The van der Waals surface area contributed by atoms with Gasteiger partial charge in [0.15, 0.2) is 0 Å². The average Bonchev–Trinajstić information content (AvgIpc) is 3.36. The zero-order valence-corrected chi connectivity index (χ0v) is 25.0. The third-order valence-electron chi connectivity index (χ3n) is 9.51. The second-order valence-corrected chi connectivity index (χ2v) is 12.3. The first kappa shape index (κ1) is 29.1. The van der Waals surface area contributed by atoms with Crippen molar-refractivity contribution in [1.82, 2.24) is 20.4 Å². The van der Waals surface area contributed by atoms with Crippen molar-refractivity contribution >= 4 is 5.91 Å². The fourth-order valence-electron chi connectivity index (χ4n) is 7.01. The van der Waals surface area contributed by atoms with E-state index in [0.717, 1.165) is 50.0 Å². The molecule has 1 amide bonds. The molecular formula is C36H46N4O2. The minimum atomic E-state index is -0.526. The summed E-state index contributed by atoms with van der Waals surface area (Å²) in [6.07, 6.45) is 6.99. The molecule has 2 N–H and O–H groups in total. The highest BCUT2D eigenvalue weighted by Crippen LogP contribution is 2.36. The van der Waals surface area contributed by atoms with Gasteiger partial charge in [0.2, 0.25) is 0 Å². The largest absolute Gasteiger partial charge is 0.348 e. The van der Waals surface area contributed by atoms with E-state index in [1.165, 1.54) is 37.9 Å². The normalized spacial score (nSPS) is 25.3. The van der Waals surface area contributed by atoms with E-state index in [9.17, 15) is 4.79 Å². The summed E-state index contributed by atoms with van der Waals surface area (Å²) < 4.78 is 6.88. The van der Waals surface area contributed by atoms with Gasteiger partial charge in [-0.3, -0.25) is 15.0 Å². The first-order chi connectivity index (χ1) is 20.6. The monoisotopic (exact) mass is 566 g/mol. The Morgan fingerprint density at radius 3 is 2.33 bits per heavy atom. The maximum atomic E-state index is 13.2. The summed E-state index contributed by atoms with van der Waals surface area (Å²) in [5, 5.41) is 7.11. The summed E-state index contributed by atoms with van der Waals surface area (Å²) in [6.45, 7) is 8.21. The summed E-state index contributed by atoms with van der Waals surface area (Å²) >= 11 is 0. The quantitative estimate of drug-likeness (QED) is 0.304. The van der Waals surface area contributed by atoms with Gasteiger partial charge >= 0.3 is 0 Å². The molecule has 6 heteroatoms. The molecule has 3 aromatic rings. The Morgan fingerprint density at radius 1 is 0.929 bits per heavy atom. The first-order valence-electron chi connectivity index (χ1n) is 16.0. The molecule has 3 heterocycles. The van der Waals surface area contributed by atoms with Gasteiger partial charge in [-0.05, 0) is 80.1 Å². The maximum Gasteiger partial charge on any atom is 0.251 e. The lowest BCUT2D eigenvalue weighted by Crippen LogP contribution is -2.55.